The van der Waals surface area contributed by atoms with E-state index in [1.807, 2.05) is 12.1 Å². The highest BCUT2D eigenvalue weighted by Gasteiger charge is 2.04. The van der Waals surface area contributed by atoms with Gasteiger partial charge >= 0.3 is 5.97 Å². The molecule has 1 aromatic carbocycles. The van der Waals surface area contributed by atoms with Gasteiger partial charge in [-0.2, -0.15) is 0 Å². The molecule has 0 aromatic heterocycles. The maximum Gasteiger partial charge on any atom is 0.303 e. The van der Waals surface area contributed by atoms with Gasteiger partial charge in [0.05, 0.1) is 13.0 Å². The minimum atomic E-state index is -0.962. The van der Waals surface area contributed by atoms with Gasteiger partial charge in [-0.25, -0.2) is 0 Å². The summed E-state index contributed by atoms with van der Waals surface area (Å²) in [4.78, 5) is 21.7. The Morgan fingerprint density at radius 3 is 2.34 bits per heavy atom. The second kappa shape index (κ2) is 16.8. The average molecular weight is 408 g/mol. The fourth-order valence-electron chi connectivity index (χ4n) is 2.89. The number of carbonyl (C=O) groups is 2. The quantitative estimate of drug-likeness (QED) is 0.353. The maximum atomic E-state index is 11.3. The highest BCUT2D eigenvalue weighted by Crippen LogP contribution is 2.15. The van der Waals surface area contributed by atoms with Gasteiger partial charge in [0.25, 0.3) is 0 Å². The highest BCUT2D eigenvalue weighted by atomic mass is 16.5. The molecular weight excluding hydrogens is 370 g/mol. The van der Waals surface area contributed by atoms with Crippen molar-refractivity contribution in [3.8, 4) is 5.75 Å². The van der Waals surface area contributed by atoms with E-state index in [1.165, 1.54) is 44.1 Å². The Morgan fingerprint density at radius 2 is 1.62 bits per heavy atom. The summed E-state index contributed by atoms with van der Waals surface area (Å²) in [5, 5.41) is 11.2. The third kappa shape index (κ3) is 14.6. The number of amides is 1. The molecule has 0 radical (unpaired) electrons. The summed E-state index contributed by atoms with van der Waals surface area (Å²) >= 11 is 0. The molecule has 2 N–H and O–H groups in total. The fraction of sp³-hybridized carbons (Fsp3) is 0.652. The van der Waals surface area contributed by atoms with E-state index in [1.54, 1.807) is 0 Å². The molecule has 0 unspecified atom stereocenters. The Balaban J connectivity index is 1.98. The van der Waals surface area contributed by atoms with Crippen LogP contribution in [0.25, 0.3) is 0 Å². The van der Waals surface area contributed by atoms with Crippen LogP contribution in [0.1, 0.15) is 70.3 Å². The van der Waals surface area contributed by atoms with Gasteiger partial charge in [0.2, 0.25) is 5.91 Å². The van der Waals surface area contributed by atoms with Crippen molar-refractivity contribution in [2.45, 2.75) is 71.1 Å². The summed E-state index contributed by atoms with van der Waals surface area (Å²) in [5.74, 6) is -0.349. The number of nitrogens with one attached hydrogen (secondary N) is 1. The lowest BCUT2D eigenvalue weighted by Crippen LogP contribution is -2.25. The summed E-state index contributed by atoms with van der Waals surface area (Å²) in [6.07, 6.45) is 9.58. The molecule has 0 bridgehead atoms. The molecule has 0 aliphatic rings. The van der Waals surface area contributed by atoms with Crippen LogP contribution in [-0.2, 0) is 20.7 Å². The van der Waals surface area contributed by atoms with Crippen molar-refractivity contribution in [3.63, 3.8) is 0 Å². The molecule has 0 fully saturated rings. The lowest BCUT2D eigenvalue weighted by Gasteiger charge is -2.09. The molecule has 0 saturated carbocycles. The Bertz CT molecular complexity index is 559. The number of hydrogen-bond donors (Lipinski definition) is 2. The first-order chi connectivity index (χ1) is 14.1. The van der Waals surface area contributed by atoms with E-state index >= 15 is 0 Å². The minimum absolute atomic E-state index is 0.0157. The molecule has 164 valence electrons. The molecular formula is C23H37NO5. The normalized spacial score (nSPS) is 10.7. The molecule has 0 aliphatic carbocycles. The van der Waals surface area contributed by atoms with Crippen LogP contribution in [0.3, 0.4) is 0 Å². The summed E-state index contributed by atoms with van der Waals surface area (Å²) < 4.78 is 11.2. The Morgan fingerprint density at radius 1 is 0.897 bits per heavy atom. The van der Waals surface area contributed by atoms with Crippen molar-refractivity contribution in [2.75, 3.05) is 26.4 Å². The number of carboxylic acid groups (broad SMARTS) is 1. The van der Waals surface area contributed by atoms with E-state index in [-0.39, 0.29) is 18.7 Å². The van der Waals surface area contributed by atoms with Crippen LogP contribution in [0.2, 0.25) is 0 Å². The van der Waals surface area contributed by atoms with Crippen LogP contribution in [0, 0.1) is 0 Å². The molecule has 6 heteroatoms. The minimum Gasteiger partial charge on any atom is -0.491 e. The molecule has 1 aromatic rings. The number of ether oxygens (including phenoxy) is 2. The first-order valence-corrected chi connectivity index (χ1v) is 10.9. The maximum absolute atomic E-state index is 11.3. The molecule has 0 heterocycles. The van der Waals surface area contributed by atoms with Gasteiger partial charge in [0.1, 0.15) is 12.4 Å². The molecule has 6 nitrogen and oxygen atoms in total. The molecule has 1 amide bonds. The standard InChI is InChI=1S/C23H37NO5/c1-2-3-4-5-6-7-9-20-10-12-21(13-11-20)29-19-18-28-17-8-16-24-22(25)14-15-23(26)27/h10-13H,2-9,14-19H2,1H3,(H,24,25)(H,26,27). The average Bonchev–Trinajstić information content (AvgIpc) is 2.72. The number of benzene rings is 1. The Kier molecular flexibility index (Phi) is 14.5. The molecule has 1 rings (SSSR count). The zero-order valence-corrected chi connectivity index (χ0v) is 17.8. The second-order valence-electron chi connectivity index (χ2n) is 7.22. The summed E-state index contributed by atoms with van der Waals surface area (Å²) in [7, 11) is 0. The third-order valence-electron chi connectivity index (χ3n) is 4.59. The van der Waals surface area contributed by atoms with Crippen LogP contribution in [0.15, 0.2) is 24.3 Å². The number of carboxylic acids is 1. The largest absolute Gasteiger partial charge is 0.491 e. The van der Waals surface area contributed by atoms with Crippen LogP contribution >= 0.6 is 0 Å². The third-order valence-corrected chi connectivity index (χ3v) is 4.59. The SMILES string of the molecule is CCCCCCCCc1ccc(OCCOCCCNC(=O)CCC(=O)O)cc1. The fourth-order valence-corrected chi connectivity index (χ4v) is 2.89. The number of unbranched alkanes of at least 4 members (excludes halogenated alkanes) is 5. The van der Waals surface area contributed by atoms with E-state index in [0.29, 0.717) is 32.8 Å². The van der Waals surface area contributed by atoms with Crippen molar-refractivity contribution in [1.82, 2.24) is 5.32 Å². The van der Waals surface area contributed by atoms with E-state index < -0.39 is 5.97 Å². The predicted octanol–water partition coefficient (Wildman–Crippen LogP) is 4.36. The molecule has 0 aliphatic heterocycles. The van der Waals surface area contributed by atoms with Gasteiger partial charge in [-0.3, -0.25) is 9.59 Å². The number of aryl methyl sites for hydroxylation is 1. The number of aliphatic carboxylic acids is 1. The topological polar surface area (TPSA) is 84.9 Å². The molecule has 0 spiro atoms. The number of hydrogen-bond acceptors (Lipinski definition) is 4. The smallest absolute Gasteiger partial charge is 0.303 e. The summed E-state index contributed by atoms with van der Waals surface area (Å²) in [5.41, 5.74) is 1.36. The predicted molar refractivity (Wildman–Crippen MR) is 114 cm³/mol. The highest BCUT2D eigenvalue weighted by molar-refractivity contribution is 5.80. The summed E-state index contributed by atoms with van der Waals surface area (Å²) in [6.45, 7) is 4.24. The number of rotatable bonds is 18. The molecule has 29 heavy (non-hydrogen) atoms. The van der Waals surface area contributed by atoms with E-state index in [9.17, 15) is 9.59 Å². The zero-order valence-electron chi connectivity index (χ0n) is 17.8. The lowest BCUT2D eigenvalue weighted by molar-refractivity contribution is -0.138. The Hall–Kier alpha value is -2.08. The number of carbonyl (C=O) groups excluding carboxylic acids is 1. The molecule has 0 atom stereocenters. The van der Waals surface area contributed by atoms with E-state index in [2.05, 4.69) is 24.4 Å². The van der Waals surface area contributed by atoms with Crippen molar-refractivity contribution < 1.29 is 24.2 Å². The van der Waals surface area contributed by atoms with Crippen molar-refractivity contribution in [1.29, 1.82) is 0 Å². The summed E-state index contributed by atoms with van der Waals surface area (Å²) in [6, 6.07) is 8.29. The zero-order chi connectivity index (χ0) is 21.2. The monoisotopic (exact) mass is 407 g/mol. The van der Waals surface area contributed by atoms with Gasteiger partial charge in [0.15, 0.2) is 0 Å². The Labute approximate surface area is 175 Å². The van der Waals surface area contributed by atoms with Crippen LogP contribution in [0.4, 0.5) is 0 Å². The first-order valence-electron chi connectivity index (χ1n) is 10.9. The van der Waals surface area contributed by atoms with Crippen molar-refractivity contribution in [3.05, 3.63) is 29.8 Å². The van der Waals surface area contributed by atoms with Gasteiger partial charge in [-0.05, 0) is 37.0 Å². The molecule has 0 saturated heterocycles. The van der Waals surface area contributed by atoms with Crippen LogP contribution in [0.5, 0.6) is 5.75 Å². The van der Waals surface area contributed by atoms with Gasteiger partial charge in [-0.1, -0.05) is 51.2 Å². The van der Waals surface area contributed by atoms with Crippen molar-refractivity contribution in [2.24, 2.45) is 0 Å². The van der Waals surface area contributed by atoms with Gasteiger partial charge in [-0.15, -0.1) is 0 Å². The van der Waals surface area contributed by atoms with E-state index in [0.717, 1.165) is 12.2 Å². The lowest BCUT2D eigenvalue weighted by atomic mass is 10.0. The van der Waals surface area contributed by atoms with E-state index in [4.69, 9.17) is 14.6 Å². The van der Waals surface area contributed by atoms with Gasteiger partial charge < -0.3 is 19.9 Å². The van der Waals surface area contributed by atoms with Crippen LogP contribution in [-0.4, -0.2) is 43.3 Å². The second-order valence-corrected chi connectivity index (χ2v) is 7.22. The van der Waals surface area contributed by atoms with Crippen LogP contribution < -0.4 is 10.1 Å². The van der Waals surface area contributed by atoms with Crippen molar-refractivity contribution >= 4 is 11.9 Å². The van der Waals surface area contributed by atoms with Gasteiger partial charge in [0, 0.05) is 19.6 Å². The first kappa shape index (κ1) is 25.0.